The first kappa shape index (κ1) is 28.6. The number of H-pyrrole nitrogens is 1. The van der Waals surface area contributed by atoms with Crippen LogP contribution in [0.15, 0.2) is 35.1 Å². The van der Waals surface area contributed by atoms with E-state index in [0.29, 0.717) is 24.5 Å². The number of aromatic amines is 1. The van der Waals surface area contributed by atoms with Gasteiger partial charge in [0.05, 0.1) is 29.5 Å². The monoisotopic (exact) mass is 573 g/mol. The molecule has 1 heterocycles. The van der Waals surface area contributed by atoms with Crippen LogP contribution in [-0.2, 0) is 35.3 Å². The van der Waals surface area contributed by atoms with E-state index in [-0.39, 0.29) is 29.7 Å². The molecule has 2 aromatic carbocycles. The molecule has 0 saturated heterocycles. The summed E-state index contributed by atoms with van der Waals surface area (Å²) >= 11 is 5.72. The summed E-state index contributed by atoms with van der Waals surface area (Å²) in [7, 11) is 0. The highest BCUT2D eigenvalue weighted by Gasteiger charge is 2.38. The number of carbonyl (C=O) groups is 1. The quantitative estimate of drug-likeness (QED) is 0.339. The Morgan fingerprint density at radius 2 is 1.82 bits per heavy atom. The number of rotatable bonds is 8. The van der Waals surface area contributed by atoms with Gasteiger partial charge in [0.15, 0.2) is 0 Å². The van der Waals surface area contributed by atoms with Gasteiger partial charge in [0.2, 0.25) is 11.7 Å². The van der Waals surface area contributed by atoms with E-state index in [9.17, 15) is 31.5 Å². The lowest BCUT2D eigenvalue weighted by atomic mass is 9.81. The van der Waals surface area contributed by atoms with Crippen molar-refractivity contribution in [3.63, 3.8) is 0 Å². The number of nitrogens with zero attached hydrogens (tertiary/aromatic N) is 1. The van der Waals surface area contributed by atoms with Crippen LogP contribution in [-0.4, -0.2) is 22.0 Å². The number of benzene rings is 2. The molecule has 0 atom stereocenters. The van der Waals surface area contributed by atoms with E-state index in [4.69, 9.17) is 16.3 Å². The third-order valence-corrected chi connectivity index (χ3v) is 6.67. The fraction of sp³-hybridized carbons (Fsp3) is 0.346. The van der Waals surface area contributed by atoms with Crippen molar-refractivity contribution in [2.24, 2.45) is 5.92 Å². The molecule has 1 aliphatic carbocycles. The number of hydrogen-bond acceptors (Lipinski definition) is 4. The van der Waals surface area contributed by atoms with E-state index in [1.165, 1.54) is 19.1 Å². The smallest absolute Gasteiger partial charge is 0.373 e. The summed E-state index contributed by atoms with van der Waals surface area (Å²) in [4.78, 5) is 30.0. The number of hydrogen-bond donors (Lipinski definition) is 2. The summed E-state index contributed by atoms with van der Waals surface area (Å²) in [6.45, 7) is 0.980. The van der Waals surface area contributed by atoms with Crippen molar-refractivity contribution in [3.05, 3.63) is 85.5 Å². The SMILES string of the molecule is CCc1nc(-c2c(C(F)(F)F)ccc(CNC(=O)[C@H]3C[C@H](OCc4ccc(Cl)cc4F)C3)c2F)[nH]c(=O)c1F. The number of nitrogens with one attached hydrogen (secondary N) is 2. The summed E-state index contributed by atoms with van der Waals surface area (Å²) in [5, 5.41) is 2.74. The van der Waals surface area contributed by atoms with Crippen LogP contribution < -0.4 is 10.9 Å². The first-order valence-electron chi connectivity index (χ1n) is 11.9. The molecule has 1 aromatic heterocycles. The average Bonchev–Trinajstić information content (AvgIpc) is 2.84. The van der Waals surface area contributed by atoms with Gasteiger partial charge >= 0.3 is 6.18 Å². The molecule has 4 rings (SSSR count). The van der Waals surface area contributed by atoms with Gasteiger partial charge in [0.1, 0.15) is 17.5 Å². The number of aryl methyl sites for hydroxylation is 1. The highest BCUT2D eigenvalue weighted by molar-refractivity contribution is 6.30. The zero-order chi connectivity index (χ0) is 28.5. The third kappa shape index (κ3) is 6.27. The Kier molecular flexibility index (Phi) is 8.36. The maximum Gasteiger partial charge on any atom is 0.417 e. The summed E-state index contributed by atoms with van der Waals surface area (Å²) < 4.78 is 89.8. The second-order valence-electron chi connectivity index (χ2n) is 9.04. The van der Waals surface area contributed by atoms with Crippen LogP contribution in [0.1, 0.15) is 42.1 Å². The van der Waals surface area contributed by atoms with Gasteiger partial charge in [-0.1, -0.05) is 30.7 Å². The van der Waals surface area contributed by atoms with Crippen molar-refractivity contribution in [2.75, 3.05) is 0 Å². The fourth-order valence-corrected chi connectivity index (χ4v) is 4.33. The van der Waals surface area contributed by atoms with E-state index in [1.54, 1.807) is 0 Å². The van der Waals surface area contributed by atoms with Crippen LogP contribution in [0.25, 0.3) is 11.4 Å². The highest BCUT2D eigenvalue weighted by atomic mass is 35.5. The highest BCUT2D eigenvalue weighted by Crippen LogP contribution is 2.38. The molecule has 3 aromatic rings. The number of amides is 1. The van der Waals surface area contributed by atoms with Crippen LogP contribution in [0.2, 0.25) is 5.02 Å². The maximum absolute atomic E-state index is 15.4. The number of carbonyl (C=O) groups excluding carboxylic acids is 1. The van der Waals surface area contributed by atoms with Gasteiger partial charge in [-0.25, -0.2) is 13.8 Å². The van der Waals surface area contributed by atoms with Gasteiger partial charge in [-0.05, 0) is 37.5 Å². The first-order valence-corrected chi connectivity index (χ1v) is 12.3. The topological polar surface area (TPSA) is 84.1 Å². The maximum atomic E-state index is 15.4. The van der Waals surface area contributed by atoms with Gasteiger partial charge in [0.25, 0.3) is 5.56 Å². The Bertz CT molecular complexity index is 1450. The predicted octanol–water partition coefficient (Wildman–Crippen LogP) is 5.70. The minimum Gasteiger partial charge on any atom is -0.373 e. The molecule has 0 bridgehead atoms. The summed E-state index contributed by atoms with van der Waals surface area (Å²) in [6.07, 6.45) is -4.78. The Morgan fingerprint density at radius 3 is 2.46 bits per heavy atom. The van der Waals surface area contributed by atoms with E-state index >= 15 is 4.39 Å². The van der Waals surface area contributed by atoms with Crippen molar-refractivity contribution >= 4 is 17.5 Å². The van der Waals surface area contributed by atoms with Gasteiger partial charge < -0.3 is 15.0 Å². The normalized spacial score (nSPS) is 17.1. The van der Waals surface area contributed by atoms with Crippen LogP contribution in [0, 0.1) is 23.4 Å². The molecule has 1 fully saturated rings. The molecule has 2 N–H and O–H groups in total. The third-order valence-electron chi connectivity index (χ3n) is 6.44. The number of ether oxygens (including phenoxy) is 1. The Labute approximate surface area is 223 Å². The first-order chi connectivity index (χ1) is 18.4. The number of aromatic nitrogens is 2. The lowest BCUT2D eigenvalue weighted by Crippen LogP contribution is -2.42. The van der Waals surface area contributed by atoms with Crippen molar-refractivity contribution < 1.29 is 35.9 Å². The largest absolute Gasteiger partial charge is 0.417 e. The number of alkyl halides is 3. The van der Waals surface area contributed by atoms with Crippen molar-refractivity contribution in [1.29, 1.82) is 0 Å². The Hall–Kier alpha value is -3.38. The lowest BCUT2D eigenvalue weighted by Gasteiger charge is -2.34. The van der Waals surface area contributed by atoms with E-state index in [0.717, 1.165) is 12.1 Å². The minimum atomic E-state index is -5.01. The molecule has 1 saturated carbocycles. The van der Waals surface area contributed by atoms with Crippen LogP contribution in [0.4, 0.5) is 26.3 Å². The van der Waals surface area contributed by atoms with Crippen molar-refractivity contribution in [2.45, 2.75) is 51.6 Å². The molecule has 39 heavy (non-hydrogen) atoms. The van der Waals surface area contributed by atoms with Gasteiger partial charge in [0, 0.05) is 28.6 Å². The van der Waals surface area contributed by atoms with Crippen LogP contribution in [0.3, 0.4) is 0 Å². The fourth-order valence-electron chi connectivity index (χ4n) is 4.17. The van der Waals surface area contributed by atoms with Crippen molar-refractivity contribution in [1.82, 2.24) is 15.3 Å². The summed E-state index contributed by atoms with van der Waals surface area (Å²) in [5.74, 6) is -4.85. The van der Waals surface area contributed by atoms with E-state index < -0.39 is 70.2 Å². The van der Waals surface area contributed by atoms with E-state index in [2.05, 4.69) is 10.3 Å². The molecule has 1 aliphatic rings. The zero-order valence-electron chi connectivity index (χ0n) is 20.4. The Balaban J connectivity index is 1.44. The molecule has 0 spiro atoms. The van der Waals surface area contributed by atoms with Gasteiger partial charge in [-0.3, -0.25) is 9.59 Å². The molecule has 0 unspecified atom stereocenters. The van der Waals surface area contributed by atoms with E-state index in [1.807, 2.05) is 4.98 Å². The molecular formula is C26H22ClF6N3O3. The van der Waals surface area contributed by atoms with Gasteiger partial charge in [-0.2, -0.15) is 17.6 Å². The predicted molar refractivity (Wildman–Crippen MR) is 129 cm³/mol. The zero-order valence-corrected chi connectivity index (χ0v) is 21.2. The molecule has 6 nitrogen and oxygen atoms in total. The number of halogens is 7. The van der Waals surface area contributed by atoms with Crippen molar-refractivity contribution in [3.8, 4) is 11.4 Å². The average molecular weight is 574 g/mol. The molecule has 13 heteroatoms. The van der Waals surface area contributed by atoms with Gasteiger partial charge in [-0.15, -0.1) is 0 Å². The second kappa shape index (κ2) is 11.4. The van der Waals surface area contributed by atoms with Crippen LogP contribution in [0.5, 0.6) is 0 Å². The molecular weight excluding hydrogens is 552 g/mol. The summed E-state index contributed by atoms with van der Waals surface area (Å²) in [6, 6.07) is 5.66. The summed E-state index contributed by atoms with van der Waals surface area (Å²) in [5.41, 5.74) is -4.19. The molecule has 0 aliphatic heterocycles. The molecule has 0 radical (unpaired) electrons. The standard InChI is InChI=1S/C26H22ClF6N3O3/c1-2-19-22(30)25(38)36-23(35-19)20-17(26(31,32)33)6-4-12(21(20)29)10-34-24(37)14-7-16(8-14)39-11-13-3-5-15(27)9-18(13)28/h3-6,9,14,16H,2,7-8,10-11H2,1H3,(H,34,37)(H,35,36,38)/t14-,16-. The lowest BCUT2D eigenvalue weighted by molar-refractivity contribution is -0.137. The Morgan fingerprint density at radius 1 is 1.13 bits per heavy atom. The second-order valence-corrected chi connectivity index (χ2v) is 9.48. The minimum absolute atomic E-state index is 0.0131. The molecule has 1 amide bonds. The molecule has 208 valence electrons. The van der Waals surface area contributed by atoms with Crippen LogP contribution >= 0.6 is 11.6 Å².